The number of anilines is 1. The molecule has 22 heavy (non-hydrogen) atoms. The van der Waals surface area contributed by atoms with Crippen LogP contribution >= 0.6 is 15.9 Å². The van der Waals surface area contributed by atoms with Gasteiger partial charge in [-0.05, 0) is 41.0 Å². The third-order valence-corrected chi connectivity index (χ3v) is 5.44. The minimum atomic E-state index is -3.54. The summed E-state index contributed by atoms with van der Waals surface area (Å²) in [5.74, 6) is -0.0975. The van der Waals surface area contributed by atoms with Crippen molar-refractivity contribution in [2.75, 3.05) is 19.0 Å². The average Bonchev–Trinajstić information content (AvgIpc) is 2.48. The Morgan fingerprint density at radius 3 is 2.32 bits per heavy atom. The summed E-state index contributed by atoms with van der Waals surface area (Å²) >= 11 is 3.33. The van der Waals surface area contributed by atoms with Crippen LogP contribution in [0.25, 0.3) is 0 Å². The lowest BCUT2D eigenvalue weighted by Crippen LogP contribution is -2.22. The molecule has 116 valence electrons. The minimum absolute atomic E-state index is 0.0975. The fourth-order valence-electron chi connectivity index (χ4n) is 2.01. The van der Waals surface area contributed by atoms with E-state index in [1.165, 1.54) is 0 Å². The lowest BCUT2D eigenvalue weighted by atomic mass is 10.2. The summed E-state index contributed by atoms with van der Waals surface area (Å²) in [6.45, 7) is 0. The highest BCUT2D eigenvalue weighted by atomic mass is 79.9. The predicted octanol–water partition coefficient (Wildman–Crippen LogP) is 2.33. The zero-order chi connectivity index (χ0) is 16.3. The summed E-state index contributed by atoms with van der Waals surface area (Å²) in [5, 5.41) is 3.59. The van der Waals surface area contributed by atoms with Crippen molar-refractivity contribution in [3.05, 3.63) is 52.5 Å². The molecule has 5 nitrogen and oxygen atoms in total. The molecule has 2 aromatic rings. The number of nitrogens with two attached hydrogens (primary N) is 1. The van der Waals surface area contributed by atoms with Crippen molar-refractivity contribution in [2.45, 2.75) is 10.6 Å². The molecule has 0 aliphatic heterocycles. The smallest absolute Gasteiger partial charge is 0.184 e. The van der Waals surface area contributed by atoms with Crippen LogP contribution in [0.1, 0.15) is 5.56 Å². The van der Waals surface area contributed by atoms with E-state index in [-0.39, 0.29) is 16.3 Å². The summed E-state index contributed by atoms with van der Waals surface area (Å²) in [6.07, 6.45) is 0. The van der Waals surface area contributed by atoms with Crippen LogP contribution < -0.4 is 10.4 Å². The topological polar surface area (TPSA) is 75.3 Å². The van der Waals surface area contributed by atoms with Crippen LogP contribution in [0.3, 0.4) is 0 Å². The lowest BCUT2D eigenvalue weighted by molar-refractivity contribution is -0.210. The van der Waals surface area contributed by atoms with Gasteiger partial charge in [0.25, 0.3) is 0 Å². The maximum atomic E-state index is 12.7. The third-order valence-electron chi connectivity index (χ3n) is 3.20. The fraction of sp³-hybridized carbons (Fsp3) is 0.200. The van der Waals surface area contributed by atoms with Gasteiger partial charge in [-0.1, -0.05) is 28.1 Å². The van der Waals surface area contributed by atoms with Crippen molar-refractivity contribution < 1.29 is 13.9 Å². The van der Waals surface area contributed by atoms with E-state index in [0.717, 1.165) is 10.2 Å². The van der Waals surface area contributed by atoms with Crippen LogP contribution in [0.4, 0.5) is 11.4 Å². The molecule has 0 atom stereocenters. The molecule has 0 amide bonds. The SMILES string of the molecule is CN(C)c1ccc(N=[NH2+])c(S(=O)(=O)Cc2ccc(Br)cc2)c1. The van der Waals surface area contributed by atoms with Gasteiger partial charge in [0.05, 0.1) is 5.75 Å². The van der Waals surface area contributed by atoms with E-state index in [9.17, 15) is 8.42 Å². The molecule has 0 unspecified atom stereocenters. The van der Waals surface area contributed by atoms with Crippen LogP contribution in [0.2, 0.25) is 0 Å². The van der Waals surface area contributed by atoms with Gasteiger partial charge >= 0.3 is 0 Å². The third kappa shape index (κ3) is 3.72. The van der Waals surface area contributed by atoms with Crippen LogP contribution in [-0.4, -0.2) is 22.5 Å². The maximum Gasteiger partial charge on any atom is 0.184 e. The molecule has 0 spiro atoms. The maximum absolute atomic E-state index is 12.7. The molecule has 2 rings (SSSR count). The number of nitrogens with zero attached hydrogens (tertiary/aromatic N) is 2. The standard InChI is InChI=1S/C15H16BrN3O2S/c1-19(2)13-7-8-14(18-17)15(9-13)22(20,21)10-11-3-5-12(16)6-4-11/h3-9,17H,10H2,1-2H3/p+1. The van der Waals surface area contributed by atoms with Crippen molar-refractivity contribution in [3.63, 3.8) is 0 Å². The molecule has 0 aliphatic carbocycles. The Morgan fingerprint density at radius 2 is 1.77 bits per heavy atom. The van der Waals surface area contributed by atoms with E-state index in [0.29, 0.717) is 5.56 Å². The molecule has 2 aromatic carbocycles. The Kier molecular flexibility index (Phi) is 4.97. The van der Waals surface area contributed by atoms with E-state index in [1.807, 2.05) is 31.1 Å². The highest BCUT2D eigenvalue weighted by Gasteiger charge is 2.21. The molecule has 0 radical (unpaired) electrons. The van der Waals surface area contributed by atoms with Crippen molar-refractivity contribution in [1.82, 2.24) is 0 Å². The van der Waals surface area contributed by atoms with E-state index < -0.39 is 9.84 Å². The number of benzene rings is 2. The first-order valence-corrected chi connectivity index (χ1v) is 8.97. The van der Waals surface area contributed by atoms with Crippen molar-refractivity contribution >= 4 is 37.1 Å². The summed E-state index contributed by atoms with van der Waals surface area (Å²) in [7, 11) is 0.153. The predicted molar refractivity (Wildman–Crippen MR) is 89.8 cm³/mol. The van der Waals surface area contributed by atoms with Gasteiger partial charge in [-0.2, -0.15) is 5.53 Å². The van der Waals surface area contributed by atoms with Crippen molar-refractivity contribution in [2.24, 2.45) is 5.11 Å². The number of hydrogen-bond donors (Lipinski definition) is 1. The number of rotatable bonds is 5. The highest BCUT2D eigenvalue weighted by Crippen LogP contribution is 2.30. The molecule has 0 fully saturated rings. The van der Waals surface area contributed by atoms with Gasteiger partial charge in [-0.15, -0.1) is 0 Å². The zero-order valence-electron chi connectivity index (χ0n) is 12.3. The molecule has 0 aliphatic rings. The molecule has 0 saturated carbocycles. The first-order chi connectivity index (χ1) is 10.3. The molecule has 0 heterocycles. The Bertz CT molecular complexity index is 787. The zero-order valence-corrected chi connectivity index (χ0v) is 14.7. The van der Waals surface area contributed by atoms with Crippen LogP contribution in [0, 0.1) is 0 Å². The van der Waals surface area contributed by atoms with Crippen molar-refractivity contribution in [3.8, 4) is 0 Å². The van der Waals surface area contributed by atoms with E-state index in [2.05, 4.69) is 21.0 Å². The second kappa shape index (κ2) is 6.58. The molecular weight excluding hydrogens is 366 g/mol. The van der Waals surface area contributed by atoms with Crippen LogP contribution in [0.5, 0.6) is 0 Å². The van der Waals surface area contributed by atoms with Crippen molar-refractivity contribution in [1.29, 1.82) is 0 Å². The summed E-state index contributed by atoms with van der Waals surface area (Å²) in [4.78, 5) is 1.97. The number of sulfone groups is 1. The van der Waals surface area contributed by atoms with Gasteiger partial charge in [0, 0.05) is 24.3 Å². The second-order valence-corrected chi connectivity index (χ2v) is 7.93. The Labute approximate surface area is 138 Å². The van der Waals surface area contributed by atoms with E-state index in [4.69, 9.17) is 5.53 Å². The van der Waals surface area contributed by atoms with Gasteiger partial charge in [0.1, 0.15) is 10.6 Å². The molecule has 2 N–H and O–H groups in total. The normalized spacial score (nSPS) is 11.2. The van der Waals surface area contributed by atoms with Gasteiger partial charge in [0.15, 0.2) is 9.84 Å². The fourth-order valence-corrected chi connectivity index (χ4v) is 3.81. The molecule has 7 heteroatoms. The average molecular weight is 383 g/mol. The monoisotopic (exact) mass is 382 g/mol. The summed E-state index contributed by atoms with van der Waals surface area (Å²) in [5.41, 5.74) is 7.08. The first-order valence-electron chi connectivity index (χ1n) is 6.53. The Morgan fingerprint density at radius 1 is 1.14 bits per heavy atom. The second-order valence-electron chi connectivity index (χ2n) is 5.06. The largest absolute Gasteiger partial charge is 0.378 e. The lowest BCUT2D eigenvalue weighted by Gasteiger charge is -2.14. The minimum Gasteiger partial charge on any atom is -0.378 e. The number of halogens is 1. The molecule has 0 aromatic heterocycles. The van der Waals surface area contributed by atoms with Crippen LogP contribution in [0.15, 0.2) is 56.9 Å². The molecule has 0 saturated heterocycles. The van der Waals surface area contributed by atoms with Gasteiger partial charge in [-0.3, -0.25) is 0 Å². The highest BCUT2D eigenvalue weighted by molar-refractivity contribution is 9.10. The van der Waals surface area contributed by atoms with Gasteiger partial charge in [0.2, 0.25) is 0 Å². The van der Waals surface area contributed by atoms with E-state index in [1.54, 1.807) is 30.3 Å². The quantitative estimate of drug-likeness (QED) is 0.806. The van der Waals surface area contributed by atoms with E-state index >= 15 is 0 Å². The Balaban J connectivity index is 2.45. The Hall–Kier alpha value is -1.73. The molecule has 0 bridgehead atoms. The first kappa shape index (κ1) is 16.6. The molecular formula is C15H17BrN3O2S+. The summed E-state index contributed by atoms with van der Waals surface area (Å²) < 4.78 is 26.3. The number of hydrogen-bond acceptors (Lipinski definition) is 4. The van der Waals surface area contributed by atoms with Crippen LogP contribution in [-0.2, 0) is 15.6 Å². The van der Waals surface area contributed by atoms with Gasteiger partial charge in [-0.25, -0.2) is 8.42 Å². The summed E-state index contributed by atoms with van der Waals surface area (Å²) in [6, 6.07) is 12.2. The van der Waals surface area contributed by atoms with Gasteiger partial charge < -0.3 is 4.90 Å².